The van der Waals surface area contributed by atoms with Crippen LogP contribution < -0.4 is 0 Å². The lowest BCUT2D eigenvalue weighted by molar-refractivity contribution is -0.118. The first-order valence-electron chi connectivity index (χ1n) is 7.31. The molecule has 0 atom stereocenters. The molecule has 5 heteroatoms. The highest BCUT2D eigenvalue weighted by Gasteiger charge is 2.16. The highest BCUT2D eigenvalue weighted by Crippen LogP contribution is 2.23. The summed E-state index contributed by atoms with van der Waals surface area (Å²) in [5.74, 6) is 0.221. The number of pyridine rings is 1. The van der Waals surface area contributed by atoms with Crippen LogP contribution in [0.4, 0.5) is 0 Å². The van der Waals surface area contributed by atoms with Gasteiger partial charge in [-0.3, -0.25) is 14.5 Å². The van der Waals surface area contributed by atoms with Crippen LogP contribution in [0.1, 0.15) is 37.4 Å². The van der Waals surface area contributed by atoms with Gasteiger partial charge in [0.05, 0.1) is 15.9 Å². The minimum atomic E-state index is 0.221. The lowest BCUT2D eigenvalue weighted by Crippen LogP contribution is -2.10. The van der Waals surface area contributed by atoms with Crippen molar-refractivity contribution in [2.75, 3.05) is 0 Å². The molecule has 2 rings (SSSR count). The van der Waals surface area contributed by atoms with Crippen molar-refractivity contribution in [2.45, 2.75) is 46.1 Å². The van der Waals surface area contributed by atoms with Crippen LogP contribution in [0.5, 0.6) is 0 Å². The van der Waals surface area contributed by atoms with Crippen LogP contribution >= 0.6 is 15.9 Å². The van der Waals surface area contributed by atoms with E-state index in [0.29, 0.717) is 19.3 Å². The Balaban J connectivity index is 2.01. The molecule has 2 heterocycles. The van der Waals surface area contributed by atoms with E-state index in [2.05, 4.69) is 32.9 Å². The minimum absolute atomic E-state index is 0.221. The number of ketones is 1. The Morgan fingerprint density at radius 1 is 1.33 bits per heavy atom. The van der Waals surface area contributed by atoms with Gasteiger partial charge in [0, 0.05) is 31.3 Å². The van der Waals surface area contributed by atoms with E-state index >= 15 is 0 Å². The number of rotatable bonds is 7. The number of carbonyl (C=O) groups is 1. The molecule has 4 nitrogen and oxygen atoms in total. The molecule has 0 aromatic carbocycles. The van der Waals surface area contributed by atoms with Crippen LogP contribution in [0.3, 0.4) is 0 Å². The topological polar surface area (TPSA) is 47.8 Å². The zero-order valence-electron chi connectivity index (χ0n) is 12.5. The number of aryl methyl sites for hydroxylation is 3. The van der Waals surface area contributed by atoms with Gasteiger partial charge in [0.1, 0.15) is 5.78 Å². The molecule has 0 saturated carbocycles. The molecular weight excluding hydrogens is 330 g/mol. The van der Waals surface area contributed by atoms with Gasteiger partial charge in [-0.15, -0.1) is 0 Å². The van der Waals surface area contributed by atoms with Gasteiger partial charge in [0.25, 0.3) is 0 Å². The normalized spacial score (nSPS) is 10.8. The highest BCUT2D eigenvalue weighted by molar-refractivity contribution is 9.10. The summed E-state index contributed by atoms with van der Waals surface area (Å²) < 4.78 is 2.90. The predicted molar refractivity (Wildman–Crippen MR) is 86.2 cm³/mol. The molecule has 0 fully saturated rings. The van der Waals surface area contributed by atoms with E-state index in [9.17, 15) is 4.79 Å². The predicted octanol–water partition coefficient (Wildman–Crippen LogP) is 3.37. The molecular formula is C16H20BrN3O. The lowest BCUT2D eigenvalue weighted by atomic mass is 10.1. The van der Waals surface area contributed by atoms with Crippen molar-refractivity contribution < 1.29 is 4.79 Å². The molecule has 0 aliphatic heterocycles. The fourth-order valence-electron chi connectivity index (χ4n) is 2.27. The molecule has 0 bridgehead atoms. The molecule has 112 valence electrons. The molecule has 0 unspecified atom stereocenters. The number of Topliss-reactive ketones (excluding diaryl/α,β-unsaturated/α-hetero) is 1. The second kappa shape index (κ2) is 7.50. The first-order valence-corrected chi connectivity index (χ1v) is 8.10. The Labute approximate surface area is 133 Å². The summed E-state index contributed by atoms with van der Waals surface area (Å²) >= 11 is 3.58. The van der Waals surface area contributed by atoms with Crippen molar-refractivity contribution in [1.29, 1.82) is 0 Å². The average molecular weight is 350 g/mol. The average Bonchev–Trinajstić information content (AvgIpc) is 2.82. The minimum Gasteiger partial charge on any atom is -0.299 e. The summed E-state index contributed by atoms with van der Waals surface area (Å²) in [7, 11) is 0. The Hall–Kier alpha value is -1.49. The van der Waals surface area contributed by atoms with E-state index in [1.54, 1.807) is 6.20 Å². The van der Waals surface area contributed by atoms with Gasteiger partial charge in [-0.25, -0.2) is 0 Å². The van der Waals surface area contributed by atoms with E-state index in [1.165, 1.54) is 0 Å². The van der Waals surface area contributed by atoms with Crippen molar-refractivity contribution >= 4 is 21.7 Å². The maximum atomic E-state index is 12.2. The molecule has 21 heavy (non-hydrogen) atoms. The fourth-order valence-corrected chi connectivity index (χ4v) is 2.98. The smallest absolute Gasteiger partial charge is 0.139 e. The third kappa shape index (κ3) is 4.00. The van der Waals surface area contributed by atoms with Gasteiger partial charge in [0.2, 0.25) is 0 Å². The third-order valence-corrected chi connectivity index (χ3v) is 4.36. The summed E-state index contributed by atoms with van der Waals surface area (Å²) in [4.78, 5) is 16.5. The van der Waals surface area contributed by atoms with E-state index in [-0.39, 0.29) is 5.78 Å². The van der Waals surface area contributed by atoms with Crippen LogP contribution in [0.15, 0.2) is 28.9 Å². The van der Waals surface area contributed by atoms with Crippen LogP contribution in [0.2, 0.25) is 0 Å². The van der Waals surface area contributed by atoms with Crippen molar-refractivity contribution in [3.05, 3.63) is 46.0 Å². The van der Waals surface area contributed by atoms with Crippen molar-refractivity contribution in [3.63, 3.8) is 0 Å². The third-order valence-electron chi connectivity index (χ3n) is 3.44. The van der Waals surface area contributed by atoms with Crippen LogP contribution in [0, 0.1) is 0 Å². The van der Waals surface area contributed by atoms with E-state index in [0.717, 1.165) is 34.5 Å². The zero-order valence-corrected chi connectivity index (χ0v) is 14.1. The summed E-state index contributed by atoms with van der Waals surface area (Å²) in [5.41, 5.74) is 2.97. The maximum absolute atomic E-state index is 12.2. The molecule has 0 amide bonds. The second-order valence-corrected chi connectivity index (χ2v) is 5.71. The van der Waals surface area contributed by atoms with E-state index in [1.807, 2.05) is 29.8 Å². The van der Waals surface area contributed by atoms with Crippen molar-refractivity contribution in [3.8, 4) is 0 Å². The summed E-state index contributed by atoms with van der Waals surface area (Å²) in [6.07, 6.45) is 4.26. The fraction of sp³-hybridized carbons (Fsp3) is 0.438. The number of halogens is 1. The quantitative estimate of drug-likeness (QED) is 0.769. The van der Waals surface area contributed by atoms with Gasteiger partial charge in [-0.05, 0) is 47.8 Å². The Bertz CT molecular complexity index is 607. The Morgan fingerprint density at radius 3 is 2.76 bits per heavy atom. The molecule has 2 aromatic heterocycles. The van der Waals surface area contributed by atoms with Gasteiger partial charge in [-0.2, -0.15) is 5.10 Å². The van der Waals surface area contributed by atoms with Gasteiger partial charge in [0.15, 0.2) is 0 Å². The summed E-state index contributed by atoms with van der Waals surface area (Å²) in [6, 6.07) is 5.78. The molecule has 2 aromatic rings. The largest absolute Gasteiger partial charge is 0.299 e. The SMILES string of the molecule is CCc1nn(CC)c(CC(=O)CCc2ccccn2)c1Br. The zero-order chi connectivity index (χ0) is 15.2. The second-order valence-electron chi connectivity index (χ2n) is 4.91. The highest BCUT2D eigenvalue weighted by atomic mass is 79.9. The van der Waals surface area contributed by atoms with Crippen molar-refractivity contribution in [2.24, 2.45) is 0 Å². The van der Waals surface area contributed by atoms with Gasteiger partial charge in [-0.1, -0.05) is 13.0 Å². The molecule has 0 aliphatic carbocycles. The number of carbonyl (C=O) groups excluding carboxylic acids is 1. The van der Waals surface area contributed by atoms with Gasteiger partial charge >= 0.3 is 0 Å². The molecule has 0 N–H and O–H groups in total. The van der Waals surface area contributed by atoms with Gasteiger partial charge < -0.3 is 0 Å². The maximum Gasteiger partial charge on any atom is 0.139 e. The number of hydrogen-bond acceptors (Lipinski definition) is 3. The Kier molecular flexibility index (Phi) is 5.67. The van der Waals surface area contributed by atoms with Crippen LogP contribution in [-0.4, -0.2) is 20.5 Å². The van der Waals surface area contributed by atoms with E-state index < -0.39 is 0 Å². The van der Waals surface area contributed by atoms with Crippen molar-refractivity contribution in [1.82, 2.24) is 14.8 Å². The van der Waals surface area contributed by atoms with Crippen LogP contribution in [0.25, 0.3) is 0 Å². The van der Waals surface area contributed by atoms with E-state index in [4.69, 9.17) is 0 Å². The lowest BCUT2D eigenvalue weighted by Gasteiger charge is -2.05. The first-order chi connectivity index (χ1) is 10.2. The number of hydrogen-bond donors (Lipinski definition) is 0. The monoisotopic (exact) mass is 349 g/mol. The summed E-state index contributed by atoms with van der Waals surface area (Å²) in [5, 5.41) is 4.52. The molecule has 0 radical (unpaired) electrons. The van der Waals surface area contributed by atoms with Crippen LogP contribution in [-0.2, 0) is 30.6 Å². The molecule has 0 saturated heterocycles. The Morgan fingerprint density at radius 2 is 2.14 bits per heavy atom. The molecule has 0 spiro atoms. The first kappa shape index (κ1) is 15.9. The molecule has 0 aliphatic rings. The number of nitrogens with zero attached hydrogens (tertiary/aromatic N) is 3. The summed E-state index contributed by atoms with van der Waals surface area (Å²) in [6.45, 7) is 4.89. The standard InChI is InChI=1S/C16H20BrN3O/c1-3-14-16(17)15(20(4-2)19-14)11-13(21)9-8-12-7-5-6-10-18-12/h5-7,10H,3-4,8-9,11H2,1-2H3. The number of aromatic nitrogens is 3.